The number of hydrogen-bond donors (Lipinski definition) is 0. The lowest BCUT2D eigenvalue weighted by atomic mass is 10.1. The highest BCUT2D eigenvalue weighted by Crippen LogP contribution is 2.36. The normalized spacial score (nSPS) is 12.5. The average Bonchev–Trinajstić information content (AvgIpc) is 2.16. The third-order valence-corrected chi connectivity index (χ3v) is 3.40. The van der Waals surface area contributed by atoms with E-state index in [1.54, 1.807) is 11.8 Å². The number of rotatable bonds is 3. The molecule has 0 saturated heterocycles. The summed E-state index contributed by atoms with van der Waals surface area (Å²) in [6.45, 7) is 13.2. The molecule has 0 aliphatic carbocycles. The summed E-state index contributed by atoms with van der Waals surface area (Å²) in [6, 6.07) is 5.66. The predicted octanol–water partition coefficient (Wildman–Crippen LogP) is 4.82. The van der Waals surface area contributed by atoms with E-state index in [0.717, 1.165) is 10.5 Å². The summed E-state index contributed by atoms with van der Waals surface area (Å²) in [5.74, 6) is 0. The molecule has 0 saturated carbocycles. The van der Waals surface area contributed by atoms with Gasteiger partial charge in [-0.15, -0.1) is 11.8 Å². The Balaban J connectivity index is 3.15. The van der Waals surface area contributed by atoms with Gasteiger partial charge in [0.15, 0.2) is 0 Å². The van der Waals surface area contributed by atoms with Gasteiger partial charge in [0.2, 0.25) is 6.04 Å². The van der Waals surface area contributed by atoms with Crippen molar-refractivity contribution in [1.29, 1.82) is 0 Å². The van der Waals surface area contributed by atoms with Gasteiger partial charge in [-0.25, -0.2) is 6.57 Å². The summed E-state index contributed by atoms with van der Waals surface area (Å²) in [7, 11) is 0. The van der Waals surface area contributed by atoms with E-state index in [4.69, 9.17) is 18.2 Å². The Hall–Kier alpha value is -0.650. The molecule has 0 radical (unpaired) electrons. The molecule has 15 heavy (non-hydrogen) atoms. The van der Waals surface area contributed by atoms with Gasteiger partial charge in [0.25, 0.3) is 0 Å². The van der Waals surface area contributed by atoms with Crippen molar-refractivity contribution in [3.8, 4) is 0 Å². The van der Waals surface area contributed by atoms with Gasteiger partial charge in [0.1, 0.15) is 0 Å². The summed E-state index contributed by atoms with van der Waals surface area (Å²) in [6.07, 6.45) is 0. The van der Waals surface area contributed by atoms with Crippen molar-refractivity contribution in [3.05, 3.63) is 40.2 Å². The highest BCUT2D eigenvalue weighted by atomic mass is 35.5. The second-order valence-corrected chi connectivity index (χ2v) is 5.65. The van der Waals surface area contributed by atoms with Gasteiger partial charge in [0, 0.05) is 17.1 Å². The molecule has 1 aromatic rings. The monoisotopic (exact) mass is 239 g/mol. The number of hydrogen-bond acceptors (Lipinski definition) is 1. The second kappa shape index (κ2) is 5.44. The zero-order chi connectivity index (χ0) is 11.4. The highest BCUT2D eigenvalue weighted by molar-refractivity contribution is 8.00. The summed E-state index contributed by atoms with van der Waals surface area (Å²) in [5.41, 5.74) is 0.966. The first-order valence-corrected chi connectivity index (χ1v) is 6.13. The number of thioether (sulfide) groups is 1. The Bertz CT molecular complexity index is 382. The van der Waals surface area contributed by atoms with Gasteiger partial charge < -0.3 is 4.85 Å². The zero-order valence-corrected chi connectivity index (χ0v) is 10.7. The maximum atomic E-state index is 7.08. The molecule has 0 amide bonds. The van der Waals surface area contributed by atoms with E-state index in [1.807, 2.05) is 25.1 Å². The van der Waals surface area contributed by atoms with Crippen LogP contribution in [0, 0.1) is 6.57 Å². The molecular weight excluding hydrogens is 226 g/mol. The third-order valence-electron chi connectivity index (χ3n) is 1.99. The van der Waals surface area contributed by atoms with Gasteiger partial charge in [0.05, 0.1) is 10.6 Å². The standard InChI is InChI=1S/C12H14ClNS/c1-8(2)15-11-7-5-6-10(13)12(11)9(3)14-4/h5-9H,1-3H3. The summed E-state index contributed by atoms with van der Waals surface area (Å²) in [4.78, 5) is 4.67. The minimum Gasteiger partial charge on any atom is -0.309 e. The van der Waals surface area contributed by atoms with Crippen LogP contribution >= 0.6 is 23.4 Å². The van der Waals surface area contributed by atoms with Crippen LogP contribution in [0.2, 0.25) is 5.02 Å². The quantitative estimate of drug-likeness (QED) is 0.541. The van der Waals surface area contributed by atoms with Crippen LogP contribution in [0.1, 0.15) is 32.4 Å². The fourth-order valence-electron chi connectivity index (χ4n) is 1.34. The van der Waals surface area contributed by atoms with Crippen LogP contribution in [0.4, 0.5) is 0 Å². The minimum atomic E-state index is -0.167. The van der Waals surface area contributed by atoms with Crippen molar-refractivity contribution >= 4 is 23.4 Å². The second-order valence-electron chi connectivity index (χ2n) is 3.62. The SMILES string of the molecule is [C-]#[N+]C(C)c1c(Cl)cccc1SC(C)C. The zero-order valence-electron chi connectivity index (χ0n) is 9.12. The lowest BCUT2D eigenvalue weighted by Crippen LogP contribution is -1.95. The van der Waals surface area contributed by atoms with Crippen molar-refractivity contribution in [2.45, 2.75) is 37.0 Å². The minimum absolute atomic E-state index is 0.167. The van der Waals surface area contributed by atoms with E-state index in [0.29, 0.717) is 10.3 Å². The van der Waals surface area contributed by atoms with E-state index >= 15 is 0 Å². The molecule has 1 rings (SSSR count). The Morgan fingerprint density at radius 2 is 2.00 bits per heavy atom. The first-order valence-electron chi connectivity index (χ1n) is 4.88. The highest BCUT2D eigenvalue weighted by Gasteiger charge is 2.18. The molecule has 1 nitrogen and oxygen atoms in total. The molecule has 0 bridgehead atoms. The van der Waals surface area contributed by atoms with E-state index in [-0.39, 0.29) is 6.04 Å². The molecule has 0 aliphatic heterocycles. The summed E-state index contributed by atoms with van der Waals surface area (Å²) < 4.78 is 0. The van der Waals surface area contributed by atoms with Gasteiger partial charge in [-0.05, 0) is 12.1 Å². The summed E-state index contributed by atoms with van der Waals surface area (Å²) >= 11 is 7.88. The smallest absolute Gasteiger partial charge is 0.248 e. The third kappa shape index (κ3) is 3.15. The fraction of sp³-hybridized carbons (Fsp3) is 0.417. The fourth-order valence-corrected chi connectivity index (χ4v) is 2.80. The van der Waals surface area contributed by atoms with Crippen LogP contribution in [-0.2, 0) is 0 Å². The number of nitrogens with zero attached hydrogens (tertiary/aromatic N) is 1. The van der Waals surface area contributed by atoms with Crippen LogP contribution < -0.4 is 0 Å². The van der Waals surface area contributed by atoms with E-state index in [9.17, 15) is 0 Å². The molecule has 0 N–H and O–H groups in total. The topological polar surface area (TPSA) is 4.36 Å². The van der Waals surface area contributed by atoms with Gasteiger partial charge in [-0.1, -0.05) is 31.5 Å². The van der Waals surface area contributed by atoms with Crippen molar-refractivity contribution in [3.63, 3.8) is 0 Å². The van der Waals surface area contributed by atoms with Crippen LogP contribution in [0.15, 0.2) is 23.1 Å². The molecule has 3 heteroatoms. The summed E-state index contributed by atoms with van der Waals surface area (Å²) in [5, 5.41) is 1.20. The largest absolute Gasteiger partial charge is 0.309 e. The Labute approximate surface area is 101 Å². The van der Waals surface area contributed by atoms with Crippen molar-refractivity contribution in [2.24, 2.45) is 0 Å². The van der Waals surface area contributed by atoms with Crippen LogP contribution in [0.5, 0.6) is 0 Å². The molecule has 1 aromatic carbocycles. The maximum Gasteiger partial charge on any atom is 0.248 e. The molecule has 0 spiro atoms. The van der Waals surface area contributed by atoms with Crippen molar-refractivity contribution in [1.82, 2.24) is 0 Å². The maximum absolute atomic E-state index is 7.08. The molecule has 0 aliphatic rings. The van der Waals surface area contributed by atoms with Crippen molar-refractivity contribution < 1.29 is 0 Å². The molecule has 0 fully saturated rings. The lowest BCUT2D eigenvalue weighted by molar-refractivity contribution is 0.926. The molecule has 1 atom stereocenters. The Kier molecular flexibility index (Phi) is 4.50. The first kappa shape index (κ1) is 12.4. The van der Waals surface area contributed by atoms with E-state index < -0.39 is 0 Å². The molecule has 0 aromatic heterocycles. The predicted molar refractivity (Wildman–Crippen MR) is 67.5 cm³/mol. The lowest BCUT2D eigenvalue weighted by Gasteiger charge is -2.11. The first-order chi connectivity index (χ1) is 7.06. The van der Waals surface area contributed by atoms with Crippen LogP contribution in [-0.4, -0.2) is 5.25 Å². The Morgan fingerprint density at radius 3 is 2.53 bits per heavy atom. The Morgan fingerprint density at radius 1 is 1.33 bits per heavy atom. The van der Waals surface area contributed by atoms with E-state index in [1.165, 1.54) is 0 Å². The van der Waals surface area contributed by atoms with Crippen LogP contribution in [0.25, 0.3) is 4.85 Å². The average molecular weight is 240 g/mol. The van der Waals surface area contributed by atoms with Gasteiger partial charge >= 0.3 is 0 Å². The van der Waals surface area contributed by atoms with E-state index in [2.05, 4.69) is 18.7 Å². The molecule has 0 heterocycles. The molecule has 80 valence electrons. The number of benzene rings is 1. The number of halogens is 1. The molecular formula is C12H14ClNS. The van der Waals surface area contributed by atoms with Crippen LogP contribution in [0.3, 0.4) is 0 Å². The van der Waals surface area contributed by atoms with Gasteiger partial charge in [-0.2, -0.15) is 0 Å². The van der Waals surface area contributed by atoms with Crippen molar-refractivity contribution in [2.75, 3.05) is 0 Å². The van der Waals surface area contributed by atoms with Gasteiger partial charge in [-0.3, -0.25) is 0 Å². The molecule has 1 unspecified atom stereocenters.